The highest BCUT2D eigenvalue weighted by molar-refractivity contribution is 7.90. The van der Waals surface area contributed by atoms with Gasteiger partial charge in [0.15, 0.2) is 0 Å². The lowest BCUT2D eigenvalue weighted by Gasteiger charge is -2.34. The van der Waals surface area contributed by atoms with Crippen molar-refractivity contribution >= 4 is 39.2 Å². The first-order valence-corrected chi connectivity index (χ1v) is 13.1. The second kappa shape index (κ2) is 10.3. The number of carbonyl (C=O) groups excluding carboxylic acids is 2. The summed E-state index contributed by atoms with van der Waals surface area (Å²) in [5.41, 5.74) is 1.31. The standard InChI is InChI=1S/C24H28ClN3O5S/c1-33-14-13-27(20-5-3-2-4-6-20)23(29)18-9-7-17(8-10-18)16-28-24(30)26-21-12-11-19(25)15-22(21)34(28,31)32/h7-12,15,20H,2-6,13-14,16H2,1H3,(H,26,30). The number of halogens is 1. The fourth-order valence-electron chi connectivity index (χ4n) is 4.49. The van der Waals surface area contributed by atoms with Gasteiger partial charge in [0.25, 0.3) is 15.9 Å². The van der Waals surface area contributed by atoms with Crippen LogP contribution in [-0.2, 0) is 21.3 Å². The van der Waals surface area contributed by atoms with Crippen molar-refractivity contribution in [3.63, 3.8) is 0 Å². The molecule has 0 radical (unpaired) electrons. The number of methoxy groups -OCH3 is 1. The summed E-state index contributed by atoms with van der Waals surface area (Å²) in [5, 5.41) is 2.85. The molecule has 1 fully saturated rings. The van der Waals surface area contributed by atoms with Crippen molar-refractivity contribution < 1.29 is 22.7 Å². The summed E-state index contributed by atoms with van der Waals surface area (Å²) in [7, 11) is -2.45. The van der Waals surface area contributed by atoms with Crippen molar-refractivity contribution in [1.29, 1.82) is 0 Å². The van der Waals surface area contributed by atoms with Crippen LogP contribution in [0.2, 0.25) is 5.02 Å². The number of nitrogens with zero attached hydrogens (tertiary/aromatic N) is 2. The van der Waals surface area contributed by atoms with E-state index in [2.05, 4.69) is 5.32 Å². The summed E-state index contributed by atoms with van der Waals surface area (Å²) in [5.74, 6) is -0.0672. The van der Waals surface area contributed by atoms with E-state index >= 15 is 0 Å². The summed E-state index contributed by atoms with van der Waals surface area (Å²) < 4.78 is 32.1. The maximum atomic E-state index is 13.3. The van der Waals surface area contributed by atoms with Crippen molar-refractivity contribution in [1.82, 2.24) is 9.21 Å². The fourth-order valence-corrected chi connectivity index (χ4v) is 6.22. The Kier molecular flexibility index (Phi) is 7.45. The molecule has 0 bridgehead atoms. The average Bonchev–Trinajstić information content (AvgIpc) is 2.84. The molecule has 4 rings (SSSR count). The third-order valence-corrected chi connectivity index (χ3v) is 8.32. The molecule has 1 saturated carbocycles. The molecule has 10 heteroatoms. The van der Waals surface area contributed by atoms with Gasteiger partial charge < -0.3 is 15.0 Å². The van der Waals surface area contributed by atoms with Crippen LogP contribution in [0.25, 0.3) is 0 Å². The maximum absolute atomic E-state index is 13.3. The summed E-state index contributed by atoms with van der Waals surface area (Å²) in [6.07, 6.45) is 5.39. The first-order chi connectivity index (χ1) is 16.3. The van der Waals surface area contributed by atoms with E-state index in [4.69, 9.17) is 16.3 Å². The molecular formula is C24H28ClN3O5S. The van der Waals surface area contributed by atoms with Gasteiger partial charge in [-0.3, -0.25) is 4.79 Å². The highest BCUT2D eigenvalue weighted by Gasteiger charge is 2.37. The number of urea groups is 1. The van der Waals surface area contributed by atoms with Crippen LogP contribution in [0.15, 0.2) is 47.4 Å². The number of rotatable bonds is 7. The molecule has 1 aliphatic heterocycles. The highest BCUT2D eigenvalue weighted by Crippen LogP contribution is 2.33. The lowest BCUT2D eigenvalue weighted by atomic mass is 9.93. The Morgan fingerprint density at radius 3 is 2.53 bits per heavy atom. The SMILES string of the molecule is COCCN(C(=O)c1ccc(CN2C(=O)Nc3ccc(Cl)cc3S2(=O)=O)cc1)C1CCCCC1. The van der Waals surface area contributed by atoms with E-state index in [1.165, 1.54) is 24.6 Å². The summed E-state index contributed by atoms with van der Waals surface area (Å²) in [6.45, 7) is 0.828. The van der Waals surface area contributed by atoms with E-state index in [-0.39, 0.29) is 34.1 Å². The van der Waals surface area contributed by atoms with Crippen molar-refractivity contribution in [3.05, 3.63) is 58.6 Å². The first-order valence-electron chi connectivity index (χ1n) is 11.3. The Morgan fingerprint density at radius 1 is 1.15 bits per heavy atom. The topological polar surface area (TPSA) is 96.0 Å². The molecule has 1 heterocycles. The predicted molar refractivity (Wildman–Crippen MR) is 129 cm³/mol. The van der Waals surface area contributed by atoms with Crippen LogP contribution in [0.5, 0.6) is 0 Å². The Morgan fingerprint density at radius 2 is 1.85 bits per heavy atom. The van der Waals surface area contributed by atoms with E-state index in [1.807, 2.05) is 4.90 Å². The van der Waals surface area contributed by atoms with E-state index in [1.54, 1.807) is 31.4 Å². The van der Waals surface area contributed by atoms with E-state index in [0.29, 0.717) is 24.3 Å². The number of hydrogen-bond acceptors (Lipinski definition) is 5. The predicted octanol–water partition coefficient (Wildman–Crippen LogP) is 4.50. The molecule has 2 aromatic carbocycles. The van der Waals surface area contributed by atoms with Crippen LogP contribution in [0.1, 0.15) is 48.0 Å². The van der Waals surface area contributed by atoms with Gasteiger partial charge in [-0.1, -0.05) is 43.0 Å². The zero-order chi connectivity index (χ0) is 24.3. The van der Waals surface area contributed by atoms with E-state index in [0.717, 1.165) is 30.0 Å². The van der Waals surface area contributed by atoms with Crippen LogP contribution in [0, 0.1) is 0 Å². The number of sulfonamides is 1. The van der Waals surface area contributed by atoms with Gasteiger partial charge in [-0.2, -0.15) is 0 Å². The van der Waals surface area contributed by atoms with Crippen molar-refractivity contribution in [2.24, 2.45) is 0 Å². The zero-order valence-corrected chi connectivity index (χ0v) is 20.6. The lowest BCUT2D eigenvalue weighted by molar-refractivity contribution is 0.0551. The summed E-state index contributed by atoms with van der Waals surface area (Å²) in [6, 6.07) is 10.5. The fraction of sp³-hybridized carbons (Fsp3) is 0.417. The summed E-state index contributed by atoms with van der Waals surface area (Å²) in [4.78, 5) is 27.6. The molecule has 2 aromatic rings. The normalized spacial score (nSPS) is 17.7. The molecule has 0 unspecified atom stereocenters. The monoisotopic (exact) mass is 505 g/mol. The molecule has 182 valence electrons. The molecule has 0 spiro atoms. The van der Waals surface area contributed by atoms with E-state index in [9.17, 15) is 18.0 Å². The Labute approximate surface area is 204 Å². The van der Waals surface area contributed by atoms with Gasteiger partial charge in [0.05, 0.1) is 18.8 Å². The third-order valence-electron chi connectivity index (χ3n) is 6.32. The zero-order valence-electron chi connectivity index (χ0n) is 19.0. The van der Waals surface area contributed by atoms with Gasteiger partial charge in [0, 0.05) is 30.3 Å². The van der Waals surface area contributed by atoms with Crippen molar-refractivity contribution in [3.8, 4) is 0 Å². The number of carbonyl (C=O) groups is 2. The quantitative estimate of drug-likeness (QED) is 0.597. The van der Waals surface area contributed by atoms with Gasteiger partial charge in [0.1, 0.15) is 4.90 Å². The molecule has 3 amide bonds. The van der Waals surface area contributed by atoms with Crippen LogP contribution in [0.4, 0.5) is 10.5 Å². The second-order valence-electron chi connectivity index (χ2n) is 8.56. The minimum atomic E-state index is -4.07. The van der Waals surface area contributed by atoms with Crippen LogP contribution < -0.4 is 5.32 Å². The molecule has 0 aromatic heterocycles. The average molecular weight is 506 g/mol. The molecule has 0 saturated heterocycles. The molecule has 1 aliphatic carbocycles. The Balaban J connectivity index is 1.52. The third kappa shape index (κ3) is 5.06. The number of benzene rings is 2. The van der Waals surface area contributed by atoms with Crippen LogP contribution in [-0.4, -0.2) is 55.9 Å². The van der Waals surface area contributed by atoms with Gasteiger partial charge in [-0.25, -0.2) is 17.5 Å². The second-order valence-corrected chi connectivity index (χ2v) is 10.8. The smallest absolute Gasteiger partial charge is 0.336 e. The minimum absolute atomic E-state index is 0.0485. The first kappa shape index (κ1) is 24.5. The lowest BCUT2D eigenvalue weighted by Crippen LogP contribution is -2.43. The number of anilines is 1. The summed E-state index contributed by atoms with van der Waals surface area (Å²) >= 11 is 5.97. The van der Waals surface area contributed by atoms with E-state index < -0.39 is 16.1 Å². The molecular weight excluding hydrogens is 478 g/mol. The molecule has 8 nitrogen and oxygen atoms in total. The Bertz CT molecular complexity index is 1160. The van der Waals surface area contributed by atoms with Gasteiger partial charge in [-0.05, 0) is 48.7 Å². The number of amides is 3. The molecule has 0 atom stereocenters. The van der Waals surface area contributed by atoms with Gasteiger partial charge in [0.2, 0.25) is 0 Å². The highest BCUT2D eigenvalue weighted by atomic mass is 35.5. The van der Waals surface area contributed by atoms with Gasteiger partial charge >= 0.3 is 6.03 Å². The largest absolute Gasteiger partial charge is 0.383 e. The number of ether oxygens (including phenoxy) is 1. The van der Waals surface area contributed by atoms with Gasteiger partial charge in [-0.15, -0.1) is 0 Å². The van der Waals surface area contributed by atoms with Crippen LogP contribution in [0.3, 0.4) is 0 Å². The minimum Gasteiger partial charge on any atom is -0.383 e. The van der Waals surface area contributed by atoms with Crippen molar-refractivity contribution in [2.75, 3.05) is 25.6 Å². The number of nitrogens with one attached hydrogen (secondary N) is 1. The number of hydrogen-bond donors (Lipinski definition) is 1. The van der Waals surface area contributed by atoms with Crippen LogP contribution >= 0.6 is 11.6 Å². The maximum Gasteiger partial charge on any atom is 0.336 e. The number of fused-ring (bicyclic) bond motifs is 1. The van der Waals surface area contributed by atoms with Crippen molar-refractivity contribution in [2.45, 2.75) is 49.6 Å². The Hall–Kier alpha value is -2.62. The molecule has 34 heavy (non-hydrogen) atoms. The molecule has 2 aliphatic rings. The molecule has 1 N–H and O–H groups in total.